The second-order valence-electron chi connectivity index (χ2n) is 4.57. The first-order valence-corrected chi connectivity index (χ1v) is 5.28. The first-order valence-electron chi connectivity index (χ1n) is 5.28. The van der Waals surface area contributed by atoms with Crippen LogP contribution in [-0.4, -0.2) is 23.8 Å². The van der Waals surface area contributed by atoms with Crippen LogP contribution >= 0.6 is 0 Å². The molecule has 2 nitrogen and oxygen atoms in total. The predicted molar refractivity (Wildman–Crippen MR) is 55.1 cm³/mol. The molecule has 2 fully saturated rings. The van der Waals surface area contributed by atoms with E-state index in [1.807, 2.05) is 6.07 Å². The SMILES string of the molecule is OC1(C2CC2c2ccccc2)CNC1. The van der Waals surface area contributed by atoms with Crippen LogP contribution in [0.3, 0.4) is 0 Å². The minimum absolute atomic E-state index is 0.402. The monoisotopic (exact) mass is 189 g/mol. The number of β-amino-alcohol motifs (C(OH)–C–C–N with tert-alkyl or cyclic N) is 1. The minimum atomic E-state index is -0.402. The highest BCUT2D eigenvalue weighted by Gasteiger charge is 2.55. The quantitative estimate of drug-likeness (QED) is 0.731. The van der Waals surface area contributed by atoms with E-state index in [0.717, 1.165) is 19.5 Å². The lowest BCUT2D eigenvalue weighted by molar-refractivity contribution is -0.0316. The van der Waals surface area contributed by atoms with E-state index < -0.39 is 5.60 Å². The van der Waals surface area contributed by atoms with Crippen LogP contribution in [0, 0.1) is 5.92 Å². The van der Waals surface area contributed by atoms with Crippen LogP contribution in [0.1, 0.15) is 17.9 Å². The Balaban J connectivity index is 1.74. The Labute approximate surface area is 84.0 Å². The molecule has 3 rings (SSSR count). The first kappa shape index (κ1) is 8.45. The lowest BCUT2D eigenvalue weighted by Gasteiger charge is -2.38. The van der Waals surface area contributed by atoms with Gasteiger partial charge in [0.2, 0.25) is 0 Å². The lowest BCUT2D eigenvalue weighted by atomic mass is 9.89. The van der Waals surface area contributed by atoms with Crippen molar-refractivity contribution < 1.29 is 5.11 Å². The van der Waals surface area contributed by atoms with Gasteiger partial charge in [0.1, 0.15) is 0 Å². The Bertz CT molecular complexity index is 331. The van der Waals surface area contributed by atoms with Crippen molar-refractivity contribution in [2.45, 2.75) is 17.9 Å². The molecule has 74 valence electrons. The second kappa shape index (κ2) is 2.81. The Kier molecular flexibility index (Phi) is 1.70. The minimum Gasteiger partial charge on any atom is -0.387 e. The summed E-state index contributed by atoms with van der Waals surface area (Å²) in [7, 11) is 0. The molecule has 2 atom stereocenters. The molecule has 0 bridgehead atoms. The zero-order valence-electron chi connectivity index (χ0n) is 8.11. The molecule has 1 aliphatic heterocycles. The van der Waals surface area contributed by atoms with Crippen LogP contribution in [-0.2, 0) is 0 Å². The van der Waals surface area contributed by atoms with Crippen LogP contribution < -0.4 is 5.32 Å². The number of hydrogen-bond acceptors (Lipinski definition) is 2. The molecule has 0 aromatic heterocycles. The molecular formula is C12H15NO. The van der Waals surface area contributed by atoms with Crippen LogP contribution in [0.4, 0.5) is 0 Å². The average molecular weight is 189 g/mol. The Morgan fingerprint density at radius 1 is 1.21 bits per heavy atom. The van der Waals surface area contributed by atoms with Gasteiger partial charge in [-0.3, -0.25) is 0 Å². The van der Waals surface area contributed by atoms with E-state index in [4.69, 9.17) is 0 Å². The summed E-state index contributed by atoms with van der Waals surface area (Å²) in [5.74, 6) is 1.09. The van der Waals surface area contributed by atoms with Crippen molar-refractivity contribution in [3.63, 3.8) is 0 Å². The highest BCUT2D eigenvalue weighted by Crippen LogP contribution is 2.54. The van der Waals surface area contributed by atoms with Crippen molar-refractivity contribution >= 4 is 0 Å². The zero-order valence-corrected chi connectivity index (χ0v) is 8.11. The first-order chi connectivity index (χ1) is 6.80. The molecule has 2 aliphatic rings. The predicted octanol–water partition coefficient (Wildman–Crippen LogP) is 1.12. The van der Waals surface area contributed by atoms with Gasteiger partial charge in [-0.05, 0) is 23.8 Å². The molecule has 2 N–H and O–H groups in total. The molecule has 0 radical (unpaired) electrons. The molecule has 1 aromatic carbocycles. The molecule has 14 heavy (non-hydrogen) atoms. The average Bonchev–Trinajstić information content (AvgIpc) is 2.95. The molecular weight excluding hydrogens is 174 g/mol. The fourth-order valence-corrected chi connectivity index (χ4v) is 2.50. The van der Waals surface area contributed by atoms with E-state index in [2.05, 4.69) is 29.6 Å². The number of aliphatic hydroxyl groups is 1. The van der Waals surface area contributed by atoms with Gasteiger partial charge < -0.3 is 10.4 Å². The number of rotatable bonds is 2. The Morgan fingerprint density at radius 2 is 1.93 bits per heavy atom. The maximum absolute atomic E-state index is 10.1. The smallest absolute Gasteiger partial charge is 0.0929 e. The van der Waals surface area contributed by atoms with Gasteiger partial charge >= 0.3 is 0 Å². The van der Waals surface area contributed by atoms with Crippen molar-refractivity contribution in [1.82, 2.24) is 5.32 Å². The van der Waals surface area contributed by atoms with Gasteiger partial charge in [0.05, 0.1) is 5.60 Å². The van der Waals surface area contributed by atoms with Gasteiger partial charge in [-0.25, -0.2) is 0 Å². The van der Waals surface area contributed by atoms with E-state index in [-0.39, 0.29) is 0 Å². The van der Waals surface area contributed by atoms with Crippen molar-refractivity contribution in [2.75, 3.05) is 13.1 Å². The van der Waals surface area contributed by atoms with E-state index in [0.29, 0.717) is 11.8 Å². The maximum atomic E-state index is 10.1. The highest BCUT2D eigenvalue weighted by molar-refractivity contribution is 5.29. The fourth-order valence-electron chi connectivity index (χ4n) is 2.50. The van der Waals surface area contributed by atoms with Crippen molar-refractivity contribution in [3.05, 3.63) is 35.9 Å². The molecule has 0 spiro atoms. The highest BCUT2D eigenvalue weighted by atomic mass is 16.3. The maximum Gasteiger partial charge on any atom is 0.0929 e. The van der Waals surface area contributed by atoms with Gasteiger partial charge in [0.15, 0.2) is 0 Å². The van der Waals surface area contributed by atoms with Crippen molar-refractivity contribution in [3.8, 4) is 0 Å². The summed E-state index contributed by atoms with van der Waals surface area (Å²) < 4.78 is 0. The molecule has 1 heterocycles. The topological polar surface area (TPSA) is 32.3 Å². The van der Waals surface area contributed by atoms with Gasteiger partial charge in [-0.2, -0.15) is 0 Å². The van der Waals surface area contributed by atoms with Gasteiger partial charge in [0.25, 0.3) is 0 Å². The third kappa shape index (κ3) is 1.18. The second-order valence-corrected chi connectivity index (χ2v) is 4.57. The molecule has 2 heteroatoms. The summed E-state index contributed by atoms with van der Waals surface area (Å²) in [5.41, 5.74) is 0.985. The standard InChI is InChI=1S/C12H15NO/c14-12(7-13-8-12)11-6-10(11)9-4-2-1-3-5-9/h1-5,10-11,13-14H,6-8H2. The number of benzene rings is 1. The van der Waals surface area contributed by atoms with E-state index in [9.17, 15) is 5.11 Å². The van der Waals surface area contributed by atoms with Crippen molar-refractivity contribution in [1.29, 1.82) is 0 Å². The molecule has 1 aliphatic carbocycles. The third-order valence-electron chi connectivity index (χ3n) is 3.57. The fraction of sp³-hybridized carbons (Fsp3) is 0.500. The Morgan fingerprint density at radius 3 is 2.50 bits per heavy atom. The summed E-state index contributed by atoms with van der Waals surface area (Å²) in [6.07, 6.45) is 1.15. The zero-order chi connectivity index (χ0) is 9.60. The summed E-state index contributed by atoms with van der Waals surface area (Å²) in [6, 6.07) is 10.5. The largest absolute Gasteiger partial charge is 0.387 e. The molecule has 0 amide bonds. The third-order valence-corrected chi connectivity index (χ3v) is 3.57. The lowest BCUT2D eigenvalue weighted by Crippen LogP contribution is -2.61. The van der Waals surface area contributed by atoms with E-state index >= 15 is 0 Å². The summed E-state index contributed by atoms with van der Waals surface area (Å²) in [5, 5.41) is 13.3. The van der Waals surface area contributed by atoms with Crippen LogP contribution in [0.15, 0.2) is 30.3 Å². The summed E-state index contributed by atoms with van der Waals surface area (Å²) in [4.78, 5) is 0. The van der Waals surface area contributed by atoms with Crippen LogP contribution in [0.25, 0.3) is 0 Å². The molecule has 1 aromatic rings. The van der Waals surface area contributed by atoms with Crippen LogP contribution in [0.2, 0.25) is 0 Å². The van der Waals surface area contributed by atoms with E-state index in [1.54, 1.807) is 0 Å². The van der Waals surface area contributed by atoms with Crippen molar-refractivity contribution in [2.24, 2.45) is 5.92 Å². The number of nitrogens with one attached hydrogen (secondary N) is 1. The molecule has 1 saturated heterocycles. The Hall–Kier alpha value is -0.860. The summed E-state index contributed by atoms with van der Waals surface area (Å²) >= 11 is 0. The summed E-state index contributed by atoms with van der Waals surface area (Å²) in [6.45, 7) is 1.56. The van der Waals surface area contributed by atoms with Crippen LogP contribution in [0.5, 0.6) is 0 Å². The van der Waals surface area contributed by atoms with Gasteiger partial charge in [-0.15, -0.1) is 0 Å². The molecule has 2 unspecified atom stereocenters. The van der Waals surface area contributed by atoms with Gasteiger partial charge in [0, 0.05) is 13.1 Å². The normalized spacial score (nSPS) is 33.5. The molecule has 1 saturated carbocycles. The van der Waals surface area contributed by atoms with E-state index in [1.165, 1.54) is 5.56 Å². The number of hydrogen-bond donors (Lipinski definition) is 2. The van der Waals surface area contributed by atoms with Gasteiger partial charge in [-0.1, -0.05) is 30.3 Å².